The second-order valence-corrected chi connectivity index (χ2v) is 9.31. The molecule has 1 aromatic carbocycles. The minimum absolute atomic E-state index is 0.0506. The van der Waals surface area contributed by atoms with Gasteiger partial charge in [0.05, 0.1) is 5.52 Å². The second-order valence-electron chi connectivity index (χ2n) is 7.44. The predicted octanol–water partition coefficient (Wildman–Crippen LogP) is 3.76. The lowest BCUT2D eigenvalue weighted by atomic mass is 10.1. The van der Waals surface area contributed by atoms with E-state index in [-0.39, 0.29) is 41.5 Å². The zero-order chi connectivity index (χ0) is 22.4. The molecule has 0 radical (unpaired) electrons. The van der Waals surface area contributed by atoms with Gasteiger partial charge in [0.15, 0.2) is 5.76 Å². The molecule has 166 valence electrons. The number of aromatic nitrogens is 2. The standard InChI is InChI=1S/C20H21F3N4O3S/c1-13-19(14(2)30-25-13)31(28,29)27-9-5-8-26(10-11-27)17-12-18(20(21,22)23)24-16-7-4-3-6-15(16)17/h3-4,6-7,12H,5,8-11H2,1-2H3. The first kappa shape index (κ1) is 21.6. The molecule has 0 unspecified atom stereocenters. The van der Waals surface area contributed by atoms with E-state index >= 15 is 0 Å². The molecule has 1 aliphatic rings. The van der Waals surface area contributed by atoms with Crippen LogP contribution in [0.2, 0.25) is 0 Å². The van der Waals surface area contributed by atoms with Crippen LogP contribution in [0, 0.1) is 13.8 Å². The third kappa shape index (κ3) is 3.99. The van der Waals surface area contributed by atoms with Gasteiger partial charge in [-0.15, -0.1) is 0 Å². The number of rotatable bonds is 3. The molecule has 11 heteroatoms. The third-order valence-electron chi connectivity index (χ3n) is 5.35. The summed E-state index contributed by atoms with van der Waals surface area (Å²) in [5, 5.41) is 4.32. The van der Waals surface area contributed by atoms with Gasteiger partial charge >= 0.3 is 6.18 Å². The van der Waals surface area contributed by atoms with E-state index in [0.717, 1.165) is 6.07 Å². The number of aryl methyl sites for hydroxylation is 2. The Labute approximate surface area is 177 Å². The number of fused-ring (bicyclic) bond motifs is 1. The Balaban J connectivity index is 1.68. The summed E-state index contributed by atoms with van der Waals surface area (Å²) in [7, 11) is -3.82. The summed E-state index contributed by atoms with van der Waals surface area (Å²) in [5.74, 6) is 0.216. The Morgan fingerprint density at radius 2 is 1.81 bits per heavy atom. The van der Waals surface area contributed by atoms with E-state index in [1.807, 2.05) is 0 Å². The largest absolute Gasteiger partial charge is 0.433 e. The zero-order valence-electron chi connectivity index (χ0n) is 17.0. The summed E-state index contributed by atoms with van der Waals surface area (Å²) >= 11 is 0. The van der Waals surface area contributed by atoms with Crippen molar-refractivity contribution in [2.24, 2.45) is 0 Å². The molecule has 0 spiro atoms. The summed E-state index contributed by atoms with van der Waals surface area (Å²) in [6.45, 7) is 4.14. The smallest absolute Gasteiger partial charge is 0.370 e. The van der Waals surface area contributed by atoms with Crippen molar-refractivity contribution < 1.29 is 26.1 Å². The number of hydrogen-bond donors (Lipinski definition) is 0. The number of halogens is 3. The summed E-state index contributed by atoms with van der Waals surface area (Å²) < 4.78 is 72.8. The van der Waals surface area contributed by atoms with Crippen molar-refractivity contribution in [3.8, 4) is 0 Å². The van der Waals surface area contributed by atoms with Crippen LogP contribution >= 0.6 is 0 Å². The number of alkyl halides is 3. The van der Waals surface area contributed by atoms with Crippen LogP contribution in [0.15, 0.2) is 39.8 Å². The molecule has 4 rings (SSSR count). The first-order valence-electron chi connectivity index (χ1n) is 9.74. The zero-order valence-corrected chi connectivity index (χ0v) is 17.8. The maximum absolute atomic E-state index is 13.4. The highest BCUT2D eigenvalue weighted by Crippen LogP contribution is 2.35. The molecule has 0 saturated carbocycles. The average Bonchev–Trinajstić information content (AvgIpc) is 2.91. The van der Waals surface area contributed by atoms with E-state index in [4.69, 9.17) is 4.52 Å². The Morgan fingerprint density at radius 1 is 1.06 bits per heavy atom. The Hall–Kier alpha value is -2.66. The van der Waals surface area contributed by atoms with Gasteiger partial charge in [0, 0.05) is 37.3 Å². The fourth-order valence-corrected chi connectivity index (χ4v) is 5.67. The van der Waals surface area contributed by atoms with Gasteiger partial charge in [0.2, 0.25) is 10.0 Å². The Kier molecular flexibility index (Phi) is 5.42. The number of benzene rings is 1. The fraction of sp³-hybridized carbons (Fsp3) is 0.400. The first-order chi connectivity index (χ1) is 14.6. The Morgan fingerprint density at radius 3 is 2.48 bits per heavy atom. The van der Waals surface area contributed by atoms with E-state index < -0.39 is 21.9 Å². The molecule has 0 bridgehead atoms. The lowest BCUT2D eigenvalue weighted by Gasteiger charge is -2.25. The van der Waals surface area contributed by atoms with E-state index in [9.17, 15) is 21.6 Å². The highest BCUT2D eigenvalue weighted by atomic mass is 32.2. The maximum Gasteiger partial charge on any atom is 0.433 e. The van der Waals surface area contributed by atoms with Crippen LogP contribution in [0.1, 0.15) is 23.6 Å². The molecule has 1 aliphatic heterocycles. The van der Waals surface area contributed by atoms with Crippen LogP contribution < -0.4 is 4.90 Å². The number of nitrogens with zero attached hydrogens (tertiary/aromatic N) is 4. The van der Waals surface area contributed by atoms with Crippen LogP contribution in [0.4, 0.5) is 18.9 Å². The molecule has 31 heavy (non-hydrogen) atoms. The van der Waals surface area contributed by atoms with Gasteiger partial charge in [-0.05, 0) is 32.4 Å². The first-order valence-corrected chi connectivity index (χ1v) is 11.2. The van der Waals surface area contributed by atoms with E-state index in [0.29, 0.717) is 24.0 Å². The molecule has 2 aromatic heterocycles. The van der Waals surface area contributed by atoms with Crippen LogP contribution in [0.5, 0.6) is 0 Å². The second kappa shape index (κ2) is 7.79. The van der Waals surface area contributed by atoms with E-state index in [1.165, 1.54) is 4.31 Å². The topological polar surface area (TPSA) is 79.5 Å². The summed E-state index contributed by atoms with van der Waals surface area (Å²) in [5.41, 5.74) is -0.0366. The summed E-state index contributed by atoms with van der Waals surface area (Å²) in [6.07, 6.45) is -4.12. The fourth-order valence-electron chi connectivity index (χ4n) is 3.91. The van der Waals surface area contributed by atoms with Crippen molar-refractivity contribution in [1.82, 2.24) is 14.4 Å². The molecular formula is C20H21F3N4O3S. The monoisotopic (exact) mass is 454 g/mol. The molecule has 1 fully saturated rings. The van der Waals surface area contributed by atoms with Gasteiger partial charge in [-0.1, -0.05) is 23.4 Å². The maximum atomic E-state index is 13.4. The van der Waals surface area contributed by atoms with Gasteiger partial charge in [0.1, 0.15) is 16.3 Å². The van der Waals surface area contributed by atoms with Gasteiger partial charge in [-0.3, -0.25) is 0 Å². The minimum atomic E-state index is -4.58. The van der Waals surface area contributed by atoms with Gasteiger partial charge in [0.25, 0.3) is 0 Å². The van der Waals surface area contributed by atoms with E-state index in [1.54, 1.807) is 43.0 Å². The summed E-state index contributed by atoms with van der Waals surface area (Å²) in [6, 6.07) is 7.69. The number of sulfonamides is 1. The quantitative estimate of drug-likeness (QED) is 0.600. The molecule has 0 amide bonds. The van der Waals surface area contributed by atoms with Crippen molar-refractivity contribution in [3.05, 3.63) is 47.5 Å². The molecule has 0 N–H and O–H groups in total. The lowest BCUT2D eigenvalue weighted by molar-refractivity contribution is -0.140. The highest BCUT2D eigenvalue weighted by molar-refractivity contribution is 7.89. The lowest BCUT2D eigenvalue weighted by Crippen LogP contribution is -2.35. The minimum Gasteiger partial charge on any atom is -0.370 e. The third-order valence-corrected chi connectivity index (χ3v) is 7.49. The Bertz CT molecular complexity index is 1200. The van der Waals surface area contributed by atoms with E-state index in [2.05, 4.69) is 10.1 Å². The van der Waals surface area contributed by atoms with Gasteiger partial charge in [-0.2, -0.15) is 17.5 Å². The van der Waals surface area contributed by atoms with Gasteiger partial charge in [-0.25, -0.2) is 13.4 Å². The molecule has 0 atom stereocenters. The molecule has 7 nitrogen and oxygen atoms in total. The molecule has 3 heterocycles. The number of para-hydroxylation sites is 1. The van der Waals surface area contributed by atoms with Crippen LogP contribution in [-0.2, 0) is 16.2 Å². The van der Waals surface area contributed by atoms with Crippen LogP contribution in [-0.4, -0.2) is 49.0 Å². The molecule has 1 saturated heterocycles. The molecule has 0 aliphatic carbocycles. The molecule has 3 aromatic rings. The number of anilines is 1. The van der Waals surface area contributed by atoms with Crippen molar-refractivity contribution in [1.29, 1.82) is 0 Å². The van der Waals surface area contributed by atoms with Crippen LogP contribution in [0.25, 0.3) is 10.9 Å². The van der Waals surface area contributed by atoms with Gasteiger partial charge < -0.3 is 9.42 Å². The predicted molar refractivity (Wildman–Crippen MR) is 108 cm³/mol. The normalized spacial score (nSPS) is 16.6. The summed E-state index contributed by atoms with van der Waals surface area (Å²) in [4.78, 5) is 5.60. The number of hydrogen-bond acceptors (Lipinski definition) is 6. The van der Waals surface area contributed by atoms with Crippen molar-refractivity contribution in [2.45, 2.75) is 31.3 Å². The molecular weight excluding hydrogens is 433 g/mol. The van der Waals surface area contributed by atoms with Crippen molar-refractivity contribution in [3.63, 3.8) is 0 Å². The van der Waals surface area contributed by atoms with Crippen molar-refractivity contribution >= 4 is 26.6 Å². The van der Waals surface area contributed by atoms with Crippen LogP contribution in [0.3, 0.4) is 0 Å². The average molecular weight is 454 g/mol. The SMILES string of the molecule is Cc1noc(C)c1S(=O)(=O)N1CCCN(c2cc(C(F)(F)F)nc3ccccc23)CC1. The van der Waals surface area contributed by atoms with Crippen molar-refractivity contribution in [2.75, 3.05) is 31.1 Å². The highest BCUT2D eigenvalue weighted by Gasteiger charge is 2.35. The number of pyridine rings is 1.